The van der Waals surface area contributed by atoms with Crippen molar-refractivity contribution in [2.24, 2.45) is 0 Å². The highest BCUT2D eigenvalue weighted by Gasteiger charge is 2.13. The van der Waals surface area contributed by atoms with Gasteiger partial charge in [0.25, 0.3) is 0 Å². The first-order valence-corrected chi connectivity index (χ1v) is 15.0. The van der Waals surface area contributed by atoms with Crippen LogP contribution in [0.25, 0.3) is 21.5 Å². The van der Waals surface area contributed by atoms with Crippen LogP contribution >= 0.6 is 0 Å². The molecule has 3 rings (SSSR count). The lowest BCUT2D eigenvalue weighted by Gasteiger charge is -2.18. The molecular formula is C34H46N4O4. The third-order valence-corrected chi connectivity index (χ3v) is 7.35. The molecule has 8 heteroatoms. The molecule has 3 aromatic rings. The topological polar surface area (TPSA) is 109 Å². The van der Waals surface area contributed by atoms with Crippen LogP contribution in [0.5, 0.6) is 0 Å². The molecule has 0 atom stereocenters. The number of ether oxygens (including phenoxy) is 1. The molecule has 2 amide bonds. The SMILES string of the molecule is C=C(C)C(=O)NCCCNCc1c2ccccc2c(CNCCCCCCNC(=O)CCC(=O)OC)c2ccccc12. The molecular weight excluding hydrogens is 528 g/mol. The van der Waals surface area contributed by atoms with Crippen molar-refractivity contribution in [2.75, 3.05) is 33.3 Å². The fourth-order valence-electron chi connectivity index (χ4n) is 5.05. The van der Waals surface area contributed by atoms with Gasteiger partial charge in [-0.15, -0.1) is 0 Å². The Hall–Kier alpha value is -3.75. The highest BCUT2D eigenvalue weighted by Crippen LogP contribution is 2.33. The number of fused-ring (bicyclic) bond motifs is 2. The largest absolute Gasteiger partial charge is 0.469 e. The van der Waals surface area contributed by atoms with E-state index in [4.69, 9.17) is 0 Å². The lowest BCUT2D eigenvalue weighted by atomic mass is 9.91. The summed E-state index contributed by atoms with van der Waals surface area (Å²) in [6.07, 6.45) is 5.29. The molecule has 0 unspecified atom stereocenters. The molecule has 0 aliphatic heterocycles. The van der Waals surface area contributed by atoms with Gasteiger partial charge in [0.2, 0.25) is 11.8 Å². The number of rotatable bonds is 19. The number of amides is 2. The van der Waals surface area contributed by atoms with Crippen LogP contribution in [0.15, 0.2) is 60.7 Å². The van der Waals surface area contributed by atoms with Crippen LogP contribution in [0.2, 0.25) is 0 Å². The molecule has 3 aromatic carbocycles. The Bertz CT molecular complexity index is 1300. The summed E-state index contributed by atoms with van der Waals surface area (Å²) in [5.41, 5.74) is 3.15. The Labute approximate surface area is 249 Å². The molecule has 0 aliphatic carbocycles. The normalized spacial score (nSPS) is 11.0. The van der Waals surface area contributed by atoms with Crippen LogP contribution in [-0.2, 0) is 32.2 Å². The fourth-order valence-corrected chi connectivity index (χ4v) is 5.05. The third-order valence-electron chi connectivity index (χ3n) is 7.35. The van der Waals surface area contributed by atoms with Crippen molar-refractivity contribution in [3.05, 3.63) is 71.8 Å². The highest BCUT2D eigenvalue weighted by atomic mass is 16.5. The van der Waals surface area contributed by atoms with Crippen molar-refractivity contribution >= 4 is 39.3 Å². The zero-order valence-corrected chi connectivity index (χ0v) is 25.2. The highest BCUT2D eigenvalue weighted by molar-refractivity contribution is 6.05. The number of methoxy groups -OCH3 is 1. The maximum absolute atomic E-state index is 11.8. The van der Waals surface area contributed by atoms with Crippen LogP contribution in [0.3, 0.4) is 0 Å². The van der Waals surface area contributed by atoms with Crippen LogP contribution in [0.4, 0.5) is 0 Å². The number of benzene rings is 3. The minimum Gasteiger partial charge on any atom is -0.469 e. The Kier molecular flexibility index (Phi) is 14.0. The maximum Gasteiger partial charge on any atom is 0.306 e. The fraction of sp³-hybridized carbons (Fsp3) is 0.441. The van der Waals surface area contributed by atoms with Crippen molar-refractivity contribution in [2.45, 2.75) is 65.0 Å². The lowest BCUT2D eigenvalue weighted by molar-refractivity contribution is -0.142. The molecule has 8 nitrogen and oxygen atoms in total. The van der Waals surface area contributed by atoms with E-state index < -0.39 is 0 Å². The smallest absolute Gasteiger partial charge is 0.306 e. The predicted octanol–water partition coefficient (Wildman–Crippen LogP) is 4.88. The van der Waals surface area contributed by atoms with Gasteiger partial charge in [0.05, 0.1) is 13.5 Å². The summed E-state index contributed by atoms with van der Waals surface area (Å²) in [5.74, 6) is -0.555. The van der Waals surface area contributed by atoms with Crippen LogP contribution in [-0.4, -0.2) is 51.1 Å². The summed E-state index contributed by atoms with van der Waals surface area (Å²) >= 11 is 0. The summed E-state index contributed by atoms with van der Waals surface area (Å²) in [4.78, 5) is 34.6. The Balaban J connectivity index is 1.48. The molecule has 4 N–H and O–H groups in total. The van der Waals surface area contributed by atoms with Gasteiger partial charge in [0.15, 0.2) is 0 Å². The molecule has 0 aromatic heterocycles. The second-order valence-electron chi connectivity index (χ2n) is 10.6. The summed E-state index contributed by atoms with van der Waals surface area (Å²) in [6.45, 7) is 9.95. The van der Waals surface area contributed by atoms with Gasteiger partial charge < -0.3 is 26.0 Å². The molecule has 0 saturated heterocycles. The average molecular weight is 575 g/mol. The number of esters is 1. The van der Waals surface area contributed by atoms with Crippen molar-refractivity contribution in [1.29, 1.82) is 0 Å². The average Bonchev–Trinajstić information content (AvgIpc) is 3.00. The maximum atomic E-state index is 11.8. The number of hydrogen-bond donors (Lipinski definition) is 4. The molecule has 0 aliphatic rings. The van der Waals surface area contributed by atoms with E-state index in [0.29, 0.717) is 18.7 Å². The molecule has 0 heterocycles. The Morgan fingerprint density at radius 3 is 1.64 bits per heavy atom. The minimum absolute atomic E-state index is 0.0910. The summed E-state index contributed by atoms with van der Waals surface area (Å²) < 4.78 is 4.56. The first kappa shape index (κ1) is 32.8. The Morgan fingerprint density at radius 1 is 0.667 bits per heavy atom. The van der Waals surface area contributed by atoms with Gasteiger partial charge in [0, 0.05) is 38.2 Å². The van der Waals surface area contributed by atoms with E-state index in [2.05, 4.69) is 81.1 Å². The van der Waals surface area contributed by atoms with Crippen LogP contribution in [0.1, 0.15) is 63.0 Å². The van der Waals surface area contributed by atoms with Gasteiger partial charge in [-0.25, -0.2) is 0 Å². The van der Waals surface area contributed by atoms with Crippen molar-refractivity contribution in [1.82, 2.24) is 21.3 Å². The van der Waals surface area contributed by atoms with E-state index in [1.165, 1.54) is 39.8 Å². The molecule has 0 fully saturated rings. The van der Waals surface area contributed by atoms with Crippen molar-refractivity contribution in [3.8, 4) is 0 Å². The number of nitrogens with one attached hydrogen (secondary N) is 4. The Morgan fingerprint density at radius 2 is 1.14 bits per heavy atom. The molecule has 0 saturated carbocycles. The lowest BCUT2D eigenvalue weighted by Crippen LogP contribution is -2.27. The first-order chi connectivity index (χ1) is 20.4. The molecule has 226 valence electrons. The van der Waals surface area contributed by atoms with E-state index in [0.717, 1.165) is 58.3 Å². The van der Waals surface area contributed by atoms with E-state index in [1.807, 2.05) is 0 Å². The molecule has 0 bridgehead atoms. The van der Waals surface area contributed by atoms with E-state index in [1.54, 1.807) is 6.92 Å². The van der Waals surface area contributed by atoms with E-state index >= 15 is 0 Å². The van der Waals surface area contributed by atoms with Gasteiger partial charge in [-0.3, -0.25) is 14.4 Å². The monoisotopic (exact) mass is 574 g/mol. The predicted molar refractivity (Wildman–Crippen MR) is 170 cm³/mol. The number of carbonyl (C=O) groups excluding carboxylic acids is 3. The number of unbranched alkanes of at least 4 members (excludes halogenated alkanes) is 3. The van der Waals surface area contributed by atoms with Crippen molar-refractivity contribution < 1.29 is 19.1 Å². The second kappa shape index (κ2) is 17.9. The van der Waals surface area contributed by atoms with E-state index in [9.17, 15) is 14.4 Å². The van der Waals surface area contributed by atoms with Gasteiger partial charge in [-0.05, 0) is 71.9 Å². The van der Waals surface area contributed by atoms with Crippen LogP contribution < -0.4 is 21.3 Å². The standard InChI is InChI=1S/C34H46N4O4/c1-25(2)34(41)38-22-12-20-36-24-31-28-15-8-6-13-26(28)30(27-14-7-9-16-29(27)31)23-35-19-10-4-5-11-21-37-32(39)17-18-33(40)42-3/h6-9,13-16,35-36H,1,4-5,10-12,17-24H2,2-3H3,(H,37,39)(H,38,41). The zero-order valence-electron chi connectivity index (χ0n) is 25.2. The summed E-state index contributed by atoms with van der Waals surface area (Å²) in [5, 5.41) is 18.1. The van der Waals surface area contributed by atoms with Gasteiger partial charge >= 0.3 is 5.97 Å². The second-order valence-corrected chi connectivity index (χ2v) is 10.6. The summed E-state index contributed by atoms with van der Waals surface area (Å²) in [7, 11) is 1.33. The summed E-state index contributed by atoms with van der Waals surface area (Å²) in [6, 6.07) is 17.3. The third kappa shape index (κ3) is 10.3. The minimum atomic E-state index is -0.360. The number of carbonyl (C=O) groups is 3. The zero-order chi connectivity index (χ0) is 30.2. The number of hydrogen-bond acceptors (Lipinski definition) is 6. The van der Waals surface area contributed by atoms with E-state index in [-0.39, 0.29) is 30.6 Å². The van der Waals surface area contributed by atoms with Crippen LogP contribution in [0, 0.1) is 0 Å². The van der Waals surface area contributed by atoms with Gasteiger partial charge in [0.1, 0.15) is 0 Å². The molecule has 42 heavy (non-hydrogen) atoms. The quantitative estimate of drug-likeness (QED) is 0.0703. The molecule has 0 spiro atoms. The molecule has 0 radical (unpaired) electrons. The first-order valence-electron chi connectivity index (χ1n) is 15.0. The van der Waals surface area contributed by atoms with Gasteiger partial charge in [-0.2, -0.15) is 0 Å². The van der Waals surface area contributed by atoms with Crippen molar-refractivity contribution in [3.63, 3.8) is 0 Å². The van der Waals surface area contributed by atoms with Gasteiger partial charge in [-0.1, -0.05) is 68.0 Å².